The number of nitriles is 1. The van der Waals surface area contributed by atoms with Crippen LogP contribution >= 0.6 is 0 Å². The van der Waals surface area contributed by atoms with Crippen LogP contribution in [0, 0.1) is 18.3 Å². The molecule has 0 aliphatic rings. The first kappa shape index (κ1) is 23.7. The standard InChI is InChI=1S/C22H19F3N4O4/c1-5-16-28-17-15(22(23,24)25)8-11(2)27-19(17)29(16)18-13(20(30)32-3)9-12(6-7-26)10-14(18)21(31)33-4/h8-10H,5-6H2,1-4H3. The zero-order valence-electron chi connectivity index (χ0n) is 18.2. The largest absolute Gasteiger partial charge is 0.465 e. The fraction of sp³-hybridized carbons (Fsp3) is 0.318. The number of carbonyl (C=O) groups is 2. The summed E-state index contributed by atoms with van der Waals surface area (Å²) in [5, 5.41) is 9.09. The number of rotatable bonds is 5. The third-order valence-corrected chi connectivity index (χ3v) is 4.92. The quantitative estimate of drug-likeness (QED) is 0.531. The van der Waals surface area contributed by atoms with E-state index in [1.54, 1.807) is 6.92 Å². The van der Waals surface area contributed by atoms with Gasteiger partial charge in [-0.3, -0.25) is 4.57 Å². The van der Waals surface area contributed by atoms with Crippen LogP contribution in [0.2, 0.25) is 0 Å². The van der Waals surface area contributed by atoms with Crippen LogP contribution in [0.1, 0.15) is 50.3 Å². The first-order chi connectivity index (χ1) is 15.6. The summed E-state index contributed by atoms with van der Waals surface area (Å²) in [6.45, 7) is 3.06. The minimum atomic E-state index is -4.71. The van der Waals surface area contributed by atoms with Gasteiger partial charge in [0.1, 0.15) is 11.3 Å². The van der Waals surface area contributed by atoms with Crippen LogP contribution in [0.5, 0.6) is 0 Å². The van der Waals surface area contributed by atoms with Gasteiger partial charge in [-0.05, 0) is 30.7 Å². The van der Waals surface area contributed by atoms with Crippen molar-refractivity contribution >= 4 is 23.1 Å². The third kappa shape index (κ3) is 4.24. The van der Waals surface area contributed by atoms with Crippen LogP contribution in [0.4, 0.5) is 13.2 Å². The minimum absolute atomic E-state index is 0.0685. The normalized spacial score (nSPS) is 11.3. The van der Waals surface area contributed by atoms with E-state index in [1.807, 2.05) is 6.07 Å². The molecule has 8 nitrogen and oxygen atoms in total. The SMILES string of the molecule is CCc1nc2c(C(F)(F)F)cc(C)nc2n1-c1c(C(=O)OC)cc(CC#N)cc1C(=O)OC. The van der Waals surface area contributed by atoms with Gasteiger partial charge < -0.3 is 9.47 Å². The average Bonchev–Trinajstić information content (AvgIpc) is 3.14. The summed E-state index contributed by atoms with van der Waals surface area (Å²) in [6.07, 6.45) is -4.67. The molecule has 0 N–H and O–H groups in total. The number of fused-ring (bicyclic) bond motifs is 1. The predicted octanol–water partition coefficient (Wildman–Crippen LogP) is 3.95. The molecule has 0 aliphatic heterocycles. The second kappa shape index (κ2) is 8.90. The molecule has 2 aromatic heterocycles. The Labute approximate surface area is 186 Å². The van der Waals surface area contributed by atoms with Crippen LogP contribution in [-0.4, -0.2) is 40.7 Å². The molecule has 0 saturated heterocycles. The Hall–Kier alpha value is -3.94. The van der Waals surface area contributed by atoms with Crippen molar-refractivity contribution in [2.75, 3.05) is 14.2 Å². The molecule has 2 heterocycles. The molecule has 0 spiro atoms. The average molecular weight is 460 g/mol. The number of hydrogen-bond donors (Lipinski definition) is 0. The highest BCUT2D eigenvalue weighted by molar-refractivity contribution is 6.03. The number of ether oxygens (including phenoxy) is 2. The number of aryl methyl sites for hydroxylation is 2. The summed E-state index contributed by atoms with van der Waals surface area (Å²) in [7, 11) is 2.25. The number of halogens is 3. The summed E-state index contributed by atoms with van der Waals surface area (Å²) >= 11 is 0. The van der Waals surface area contributed by atoms with Gasteiger partial charge >= 0.3 is 18.1 Å². The maximum Gasteiger partial charge on any atom is 0.418 e. The van der Waals surface area contributed by atoms with E-state index in [4.69, 9.17) is 14.7 Å². The van der Waals surface area contributed by atoms with Gasteiger partial charge in [-0.1, -0.05) is 6.92 Å². The molecule has 3 rings (SSSR count). The minimum Gasteiger partial charge on any atom is -0.465 e. The molecule has 11 heteroatoms. The number of benzene rings is 1. The number of nitrogens with zero attached hydrogens (tertiary/aromatic N) is 4. The van der Waals surface area contributed by atoms with Crippen molar-refractivity contribution in [3.8, 4) is 11.8 Å². The zero-order valence-corrected chi connectivity index (χ0v) is 18.2. The van der Waals surface area contributed by atoms with E-state index in [0.717, 1.165) is 20.3 Å². The first-order valence-corrected chi connectivity index (χ1v) is 9.74. The van der Waals surface area contributed by atoms with Crippen molar-refractivity contribution in [1.82, 2.24) is 14.5 Å². The van der Waals surface area contributed by atoms with Gasteiger partial charge in [0.2, 0.25) is 0 Å². The van der Waals surface area contributed by atoms with Crippen molar-refractivity contribution < 1.29 is 32.2 Å². The van der Waals surface area contributed by atoms with Crippen LogP contribution in [0.15, 0.2) is 18.2 Å². The molecule has 0 amide bonds. The number of esters is 2. The second-order valence-electron chi connectivity index (χ2n) is 7.06. The van der Waals surface area contributed by atoms with Gasteiger partial charge in [-0.2, -0.15) is 18.4 Å². The number of imidazole rings is 1. The Balaban J connectivity index is 2.56. The molecular formula is C22H19F3N4O4. The smallest absolute Gasteiger partial charge is 0.418 e. The maximum absolute atomic E-state index is 13.8. The molecule has 1 aromatic carbocycles. The topological polar surface area (TPSA) is 107 Å². The Morgan fingerprint density at radius 1 is 1.09 bits per heavy atom. The van der Waals surface area contributed by atoms with Crippen molar-refractivity contribution in [2.24, 2.45) is 0 Å². The Morgan fingerprint density at radius 2 is 1.67 bits per heavy atom. The number of methoxy groups -OCH3 is 2. The Morgan fingerprint density at radius 3 is 2.12 bits per heavy atom. The number of hydrogen-bond acceptors (Lipinski definition) is 7. The van der Waals surface area contributed by atoms with E-state index in [1.165, 1.54) is 23.6 Å². The molecule has 0 aliphatic carbocycles. The lowest BCUT2D eigenvalue weighted by Crippen LogP contribution is -2.17. The molecule has 0 atom stereocenters. The summed E-state index contributed by atoms with van der Waals surface area (Å²) in [5.41, 5.74) is -1.56. The molecule has 0 saturated carbocycles. The van der Waals surface area contributed by atoms with Crippen molar-refractivity contribution in [3.63, 3.8) is 0 Å². The number of aromatic nitrogens is 3. The van der Waals surface area contributed by atoms with Crippen LogP contribution < -0.4 is 0 Å². The molecule has 0 unspecified atom stereocenters. The lowest BCUT2D eigenvalue weighted by molar-refractivity contribution is -0.136. The number of alkyl halides is 3. The van der Waals surface area contributed by atoms with Crippen molar-refractivity contribution in [1.29, 1.82) is 5.26 Å². The van der Waals surface area contributed by atoms with E-state index in [-0.39, 0.29) is 46.8 Å². The zero-order chi connectivity index (χ0) is 24.5. The van der Waals surface area contributed by atoms with E-state index in [9.17, 15) is 22.8 Å². The monoisotopic (exact) mass is 460 g/mol. The van der Waals surface area contributed by atoms with Gasteiger partial charge in [-0.25, -0.2) is 19.6 Å². The summed E-state index contributed by atoms with van der Waals surface area (Å²) < 4.78 is 52.2. The molecule has 0 radical (unpaired) electrons. The van der Waals surface area contributed by atoms with E-state index >= 15 is 0 Å². The fourth-order valence-electron chi connectivity index (χ4n) is 3.57. The molecular weight excluding hydrogens is 441 g/mol. The van der Waals surface area contributed by atoms with Gasteiger partial charge in [0.05, 0.1) is 49.1 Å². The highest BCUT2D eigenvalue weighted by Gasteiger charge is 2.36. The second-order valence-corrected chi connectivity index (χ2v) is 7.06. The van der Waals surface area contributed by atoms with E-state index in [2.05, 4.69) is 9.97 Å². The van der Waals surface area contributed by atoms with Gasteiger partial charge in [-0.15, -0.1) is 0 Å². The lowest BCUT2D eigenvalue weighted by Gasteiger charge is -2.17. The highest BCUT2D eigenvalue weighted by Crippen LogP contribution is 2.37. The fourth-order valence-corrected chi connectivity index (χ4v) is 3.57. The summed E-state index contributed by atoms with van der Waals surface area (Å²) in [5.74, 6) is -1.58. The van der Waals surface area contributed by atoms with Crippen molar-refractivity contribution in [2.45, 2.75) is 32.9 Å². The molecule has 3 aromatic rings. The van der Waals surface area contributed by atoms with Crippen molar-refractivity contribution in [3.05, 3.63) is 52.0 Å². The number of pyridine rings is 1. The van der Waals surface area contributed by atoms with Gasteiger partial charge in [0, 0.05) is 12.1 Å². The molecule has 0 fully saturated rings. The predicted molar refractivity (Wildman–Crippen MR) is 110 cm³/mol. The Kier molecular flexibility index (Phi) is 6.39. The summed E-state index contributed by atoms with van der Waals surface area (Å²) in [4.78, 5) is 33.8. The summed E-state index contributed by atoms with van der Waals surface area (Å²) in [6, 6.07) is 5.52. The van der Waals surface area contributed by atoms with Gasteiger partial charge in [0.25, 0.3) is 0 Å². The Bertz CT molecular complexity index is 1270. The molecule has 0 bridgehead atoms. The molecule has 172 valence electrons. The van der Waals surface area contributed by atoms with Crippen LogP contribution in [0.3, 0.4) is 0 Å². The first-order valence-electron chi connectivity index (χ1n) is 9.74. The van der Waals surface area contributed by atoms with Crippen LogP contribution in [-0.2, 0) is 28.5 Å². The van der Waals surface area contributed by atoms with E-state index in [0.29, 0.717) is 5.56 Å². The lowest BCUT2D eigenvalue weighted by atomic mass is 10.00. The highest BCUT2D eigenvalue weighted by atomic mass is 19.4. The van der Waals surface area contributed by atoms with Crippen LogP contribution in [0.25, 0.3) is 16.9 Å². The van der Waals surface area contributed by atoms with Gasteiger partial charge in [0.15, 0.2) is 5.65 Å². The van der Waals surface area contributed by atoms with E-state index < -0.39 is 29.2 Å². The maximum atomic E-state index is 13.8. The molecule has 33 heavy (non-hydrogen) atoms. The number of carbonyl (C=O) groups excluding carboxylic acids is 2. The third-order valence-electron chi connectivity index (χ3n) is 4.92.